The second-order valence-corrected chi connectivity index (χ2v) is 7.05. The van der Waals surface area contributed by atoms with Crippen molar-refractivity contribution in [2.75, 3.05) is 13.2 Å². The summed E-state index contributed by atoms with van der Waals surface area (Å²) in [6.07, 6.45) is 1.79. The maximum absolute atomic E-state index is 12.9. The van der Waals surface area contributed by atoms with Gasteiger partial charge in [-0.05, 0) is 43.5 Å². The first kappa shape index (κ1) is 21.4. The summed E-state index contributed by atoms with van der Waals surface area (Å²) >= 11 is 0. The molecule has 0 radical (unpaired) electrons. The Morgan fingerprint density at radius 2 is 1.70 bits per heavy atom. The van der Waals surface area contributed by atoms with Crippen molar-refractivity contribution in [2.45, 2.75) is 39.7 Å². The standard InChI is InChI=1S/C23H27N3O4/c1-4-12-29-19-11-10-16(14-20(19)30-13-5-2)15(3)24-23(28)21-17-8-6-7-9-18(17)22(27)26-25-21/h6-11,14-15H,4-5,12-13H2,1-3H3,(H,24,28)(H,26,27). The summed E-state index contributed by atoms with van der Waals surface area (Å²) in [6, 6.07) is 12.3. The molecule has 1 atom stereocenters. The molecule has 0 aliphatic rings. The van der Waals surface area contributed by atoms with E-state index in [2.05, 4.69) is 15.5 Å². The monoisotopic (exact) mass is 409 g/mol. The smallest absolute Gasteiger partial charge is 0.272 e. The van der Waals surface area contributed by atoms with Gasteiger partial charge in [0, 0.05) is 5.39 Å². The van der Waals surface area contributed by atoms with E-state index in [9.17, 15) is 9.59 Å². The Morgan fingerprint density at radius 1 is 1.03 bits per heavy atom. The molecule has 0 aliphatic heterocycles. The van der Waals surface area contributed by atoms with E-state index >= 15 is 0 Å². The highest BCUT2D eigenvalue weighted by Gasteiger charge is 2.18. The molecule has 7 nitrogen and oxygen atoms in total. The van der Waals surface area contributed by atoms with E-state index in [0.29, 0.717) is 35.5 Å². The van der Waals surface area contributed by atoms with Gasteiger partial charge in [-0.2, -0.15) is 5.10 Å². The summed E-state index contributed by atoms with van der Waals surface area (Å²) in [5, 5.41) is 10.3. The van der Waals surface area contributed by atoms with E-state index in [1.165, 1.54) is 0 Å². The van der Waals surface area contributed by atoms with Gasteiger partial charge in [-0.15, -0.1) is 0 Å². The van der Waals surface area contributed by atoms with Crippen LogP contribution >= 0.6 is 0 Å². The molecule has 30 heavy (non-hydrogen) atoms. The number of benzene rings is 2. The molecule has 0 saturated carbocycles. The van der Waals surface area contributed by atoms with Crippen LogP contribution in [0.3, 0.4) is 0 Å². The number of aromatic amines is 1. The Hall–Kier alpha value is -3.35. The number of nitrogens with one attached hydrogen (secondary N) is 2. The first-order valence-corrected chi connectivity index (χ1v) is 10.2. The Morgan fingerprint density at radius 3 is 2.40 bits per heavy atom. The van der Waals surface area contributed by atoms with Crippen molar-refractivity contribution < 1.29 is 14.3 Å². The molecule has 1 amide bonds. The highest BCUT2D eigenvalue weighted by Crippen LogP contribution is 2.31. The predicted molar refractivity (Wildman–Crippen MR) is 116 cm³/mol. The Labute approximate surface area is 175 Å². The molecule has 158 valence electrons. The molecule has 1 aromatic heterocycles. The van der Waals surface area contributed by atoms with Gasteiger partial charge in [0.25, 0.3) is 11.5 Å². The van der Waals surface area contributed by atoms with Gasteiger partial charge < -0.3 is 14.8 Å². The van der Waals surface area contributed by atoms with E-state index in [4.69, 9.17) is 9.47 Å². The number of hydrogen-bond donors (Lipinski definition) is 2. The average molecular weight is 409 g/mol. The second kappa shape index (κ2) is 9.91. The highest BCUT2D eigenvalue weighted by atomic mass is 16.5. The van der Waals surface area contributed by atoms with E-state index in [1.807, 2.05) is 39.0 Å². The van der Waals surface area contributed by atoms with Crippen molar-refractivity contribution >= 4 is 16.7 Å². The molecule has 2 aromatic carbocycles. The number of carbonyl (C=O) groups excluding carboxylic acids is 1. The van der Waals surface area contributed by atoms with Crippen molar-refractivity contribution in [3.8, 4) is 11.5 Å². The van der Waals surface area contributed by atoms with Crippen molar-refractivity contribution in [3.05, 3.63) is 64.1 Å². The number of rotatable bonds is 9. The highest BCUT2D eigenvalue weighted by molar-refractivity contribution is 6.04. The average Bonchev–Trinajstić information content (AvgIpc) is 2.76. The fourth-order valence-corrected chi connectivity index (χ4v) is 3.09. The number of carbonyl (C=O) groups is 1. The van der Waals surface area contributed by atoms with Gasteiger partial charge in [0.05, 0.1) is 24.6 Å². The maximum Gasteiger partial charge on any atom is 0.272 e. The minimum Gasteiger partial charge on any atom is -0.490 e. The minimum atomic E-state index is -0.364. The number of fused-ring (bicyclic) bond motifs is 1. The lowest BCUT2D eigenvalue weighted by Crippen LogP contribution is -2.29. The third-order valence-electron chi connectivity index (χ3n) is 4.65. The summed E-state index contributed by atoms with van der Waals surface area (Å²) in [7, 11) is 0. The number of ether oxygens (including phenoxy) is 2. The van der Waals surface area contributed by atoms with Gasteiger partial charge in [0.15, 0.2) is 17.2 Å². The quantitative estimate of drug-likeness (QED) is 0.557. The predicted octanol–water partition coefficient (Wildman–Crippen LogP) is 3.99. The van der Waals surface area contributed by atoms with Crippen molar-refractivity contribution in [1.82, 2.24) is 15.5 Å². The van der Waals surface area contributed by atoms with E-state index < -0.39 is 0 Å². The van der Waals surface area contributed by atoms with Crippen LogP contribution < -0.4 is 20.3 Å². The minimum absolute atomic E-state index is 0.183. The number of H-pyrrole nitrogens is 1. The summed E-state index contributed by atoms with van der Waals surface area (Å²) < 4.78 is 11.6. The summed E-state index contributed by atoms with van der Waals surface area (Å²) in [4.78, 5) is 24.8. The first-order chi connectivity index (χ1) is 14.5. The lowest BCUT2D eigenvalue weighted by atomic mass is 10.1. The number of amides is 1. The molecule has 3 aromatic rings. The molecule has 0 saturated heterocycles. The number of nitrogens with zero attached hydrogens (tertiary/aromatic N) is 1. The lowest BCUT2D eigenvalue weighted by molar-refractivity contribution is 0.0935. The van der Waals surface area contributed by atoms with E-state index in [1.54, 1.807) is 24.3 Å². The maximum atomic E-state index is 12.9. The Balaban J connectivity index is 1.83. The topological polar surface area (TPSA) is 93.3 Å². The van der Waals surface area contributed by atoms with Crippen LogP contribution in [-0.2, 0) is 0 Å². The van der Waals surface area contributed by atoms with Crippen LogP contribution in [0.1, 0.15) is 55.7 Å². The summed E-state index contributed by atoms with van der Waals surface area (Å²) in [5.74, 6) is 0.995. The van der Waals surface area contributed by atoms with Crippen LogP contribution in [0.2, 0.25) is 0 Å². The largest absolute Gasteiger partial charge is 0.490 e. The third-order valence-corrected chi connectivity index (χ3v) is 4.65. The molecule has 0 aliphatic carbocycles. The first-order valence-electron chi connectivity index (χ1n) is 10.2. The van der Waals surface area contributed by atoms with Crippen LogP contribution in [-0.4, -0.2) is 29.3 Å². The van der Waals surface area contributed by atoms with Crippen LogP contribution in [0, 0.1) is 0 Å². The molecule has 3 rings (SSSR count). The van der Waals surface area contributed by atoms with Gasteiger partial charge in [-0.1, -0.05) is 38.1 Å². The molecular formula is C23H27N3O4. The van der Waals surface area contributed by atoms with Crippen molar-refractivity contribution in [2.24, 2.45) is 0 Å². The lowest BCUT2D eigenvalue weighted by Gasteiger charge is -2.18. The molecule has 1 unspecified atom stereocenters. The van der Waals surface area contributed by atoms with Crippen LogP contribution in [0.25, 0.3) is 10.8 Å². The van der Waals surface area contributed by atoms with Gasteiger partial charge in [-0.3, -0.25) is 9.59 Å². The Kier molecular flexibility index (Phi) is 7.06. The van der Waals surface area contributed by atoms with Crippen molar-refractivity contribution in [3.63, 3.8) is 0 Å². The van der Waals surface area contributed by atoms with E-state index in [0.717, 1.165) is 18.4 Å². The fraction of sp³-hybridized carbons (Fsp3) is 0.348. The number of hydrogen-bond acceptors (Lipinski definition) is 5. The van der Waals surface area contributed by atoms with Crippen LogP contribution in [0.15, 0.2) is 47.3 Å². The van der Waals surface area contributed by atoms with Gasteiger partial charge in [0.1, 0.15) is 0 Å². The molecular weight excluding hydrogens is 382 g/mol. The van der Waals surface area contributed by atoms with Crippen molar-refractivity contribution in [1.29, 1.82) is 0 Å². The van der Waals surface area contributed by atoms with Crippen LogP contribution in [0.5, 0.6) is 11.5 Å². The number of aromatic nitrogens is 2. The molecule has 1 heterocycles. The summed E-state index contributed by atoms with van der Waals surface area (Å²) in [6.45, 7) is 7.17. The zero-order valence-corrected chi connectivity index (χ0v) is 17.5. The summed E-state index contributed by atoms with van der Waals surface area (Å²) in [5.41, 5.74) is 0.741. The molecule has 0 spiro atoms. The zero-order valence-electron chi connectivity index (χ0n) is 17.5. The molecule has 7 heteroatoms. The molecule has 0 fully saturated rings. The SMILES string of the molecule is CCCOc1ccc(C(C)NC(=O)c2n[nH]c(=O)c3ccccc23)cc1OCCC. The van der Waals surface area contributed by atoms with Gasteiger partial charge in [-0.25, -0.2) is 5.10 Å². The fourth-order valence-electron chi connectivity index (χ4n) is 3.09. The van der Waals surface area contributed by atoms with E-state index in [-0.39, 0.29) is 23.2 Å². The third kappa shape index (κ3) is 4.79. The van der Waals surface area contributed by atoms with Gasteiger partial charge >= 0.3 is 0 Å². The zero-order chi connectivity index (χ0) is 21.5. The normalized spacial score (nSPS) is 11.8. The van der Waals surface area contributed by atoms with Crippen LogP contribution in [0.4, 0.5) is 0 Å². The second-order valence-electron chi connectivity index (χ2n) is 7.05. The molecule has 2 N–H and O–H groups in total. The van der Waals surface area contributed by atoms with Gasteiger partial charge in [0.2, 0.25) is 0 Å². The Bertz CT molecular complexity index is 1080. The molecule has 0 bridgehead atoms.